The number of urea groups is 1. The second kappa shape index (κ2) is 4.53. The highest BCUT2D eigenvalue weighted by molar-refractivity contribution is 5.91. The maximum atomic E-state index is 11.8. The van der Waals surface area contributed by atoms with Crippen LogP contribution in [-0.4, -0.2) is 19.1 Å². The van der Waals surface area contributed by atoms with Crippen molar-refractivity contribution in [2.24, 2.45) is 5.73 Å². The van der Waals surface area contributed by atoms with E-state index in [1.54, 1.807) is 11.9 Å². The van der Waals surface area contributed by atoms with Gasteiger partial charge in [0.15, 0.2) is 0 Å². The molecule has 1 aromatic rings. The van der Waals surface area contributed by atoms with E-state index in [-0.39, 0.29) is 6.03 Å². The number of amides is 2. The Labute approximate surface area is 95.4 Å². The Morgan fingerprint density at radius 3 is 2.94 bits per heavy atom. The van der Waals surface area contributed by atoms with Gasteiger partial charge in [-0.05, 0) is 30.5 Å². The van der Waals surface area contributed by atoms with Gasteiger partial charge in [-0.15, -0.1) is 0 Å². The molecule has 1 fully saturated rings. The van der Waals surface area contributed by atoms with Gasteiger partial charge in [0.2, 0.25) is 0 Å². The first-order chi connectivity index (χ1) is 7.70. The van der Waals surface area contributed by atoms with Gasteiger partial charge in [-0.25, -0.2) is 4.79 Å². The van der Waals surface area contributed by atoms with Gasteiger partial charge in [0, 0.05) is 25.3 Å². The molecule has 1 aliphatic carbocycles. The van der Waals surface area contributed by atoms with Crippen molar-refractivity contribution in [1.29, 1.82) is 0 Å². The van der Waals surface area contributed by atoms with Crippen molar-refractivity contribution in [3.8, 4) is 0 Å². The maximum Gasteiger partial charge on any atom is 0.321 e. The number of nitrogens with zero attached hydrogens (tertiary/aromatic N) is 1. The molecule has 1 saturated carbocycles. The molecular formula is C12H17N3O. The quantitative estimate of drug-likeness (QED) is 0.808. The van der Waals surface area contributed by atoms with Crippen LogP contribution in [0, 0.1) is 0 Å². The predicted octanol–water partition coefficient (Wildman–Crippen LogP) is 1.45. The van der Waals surface area contributed by atoms with Gasteiger partial charge in [0.1, 0.15) is 0 Å². The van der Waals surface area contributed by atoms with E-state index in [2.05, 4.69) is 5.32 Å². The lowest BCUT2D eigenvalue weighted by Crippen LogP contribution is -2.38. The Bertz CT molecular complexity index is 388. The summed E-state index contributed by atoms with van der Waals surface area (Å²) in [6.45, 7) is 0.492. The molecule has 0 heterocycles. The third-order valence-electron chi connectivity index (χ3n) is 2.74. The normalized spacial score (nSPS) is 14.6. The Kier molecular flexibility index (Phi) is 3.10. The van der Waals surface area contributed by atoms with E-state index < -0.39 is 0 Å². The summed E-state index contributed by atoms with van der Waals surface area (Å²) >= 11 is 0. The molecule has 2 rings (SSSR count). The molecule has 4 heteroatoms. The smallest absolute Gasteiger partial charge is 0.321 e. The molecule has 86 valence electrons. The Morgan fingerprint density at radius 1 is 1.56 bits per heavy atom. The Morgan fingerprint density at radius 2 is 2.31 bits per heavy atom. The summed E-state index contributed by atoms with van der Waals surface area (Å²) in [5, 5.41) is 2.95. The zero-order chi connectivity index (χ0) is 11.5. The van der Waals surface area contributed by atoms with Crippen molar-refractivity contribution in [3.05, 3.63) is 29.8 Å². The number of hydrogen-bond donors (Lipinski definition) is 2. The second-order valence-electron chi connectivity index (χ2n) is 4.16. The number of nitrogens with one attached hydrogen (secondary N) is 1. The summed E-state index contributed by atoms with van der Waals surface area (Å²) in [5.41, 5.74) is 7.47. The molecule has 0 aliphatic heterocycles. The van der Waals surface area contributed by atoms with Crippen LogP contribution >= 0.6 is 0 Å². The van der Waals surface area contributed by atoms with Gasteiger partial charge in [-0.2, -0.15) is 0 Å². The molecule has 0 bridgehead atoms. The Balaban J connectivity index is 2.05. The van der Waals surface area contributed by atoms with E-state index in [0.29, 0.717) is 12.6 Å². The lowest BCUT2D eigenvalue weighted by molar-refractivity contribution is 0.247. The van der Waals surface area contributed by atoms with Gasteiger partial charge in [0.05, 0.1) is 0 Å². The predicted molar refractivity (Wildman–Crippen MR) is 64.3 cm³/mol. The van der Waals surface area contributed by atoms with E-state index in [1.165, 1.54) is 0 Å². The van der Waals surface area contributed by atoms with Crippen LogP contribution in [0.3, 0.4) is 0 Å². The Hall–Kier alpha value is -1.55. The van der Waals surface area contributed by atoms with Crippen molar-refractivity contribution < 1.29 is 4.79 Å². The van der Waals surface area contributed by atoms with Gasteiger partial charge < -0.3 is 11.1 Å². The minimum Gasteiger partial charge on any atom is -0.335 e. The summed E-state index contributed by atoms with van der Waals surface area (Å²) in [6.07, 6.45) is 2.20. The molecule has 2 amide bonds. The van der Waals surface area contributed by atoms with E-state index in [0.717, 1.165) is 24.1 Å². The van der Waals surface area contributed by atoms with E-state index in [9.17, 15) is 4.79 Å². The molecule has 0 atom stereocenters. The van der Waals surface area contributed by atoms with Crippen molar-refractivity contribution in [3.63, 3.8) is 0 Å². The first kappa shape index (κ1) is 11.0. The molecule has 0 aromatic heterocycles. The van der Waals surface area contributed by atoms with Crippen molar-refractivity contribution >= 4 is 11.7 Å². The number of anilines is 1. The number of carbonyl (C=O) groups excluding carboxylic acids is 1. The zero-order valence-electron chi connectivity index (χ0n) is 9.44. The van der Waals surface area contributed by atoms with Gasteiger partial charge in [-0.3, -0.25) is 4.90 Å². The van der Waals surface area contributed by atoms with Crippen LogP contribution in [0.15, 0.2) is 24.3 Å². The fourth-order valence-corrected chi connectivity index (χ4v) is 1.51. The summed E-state index contributed by atoms with van der Waals surface area (Å²) in [5.74, 6) is 0. The average molecular weight is 219 g/mol. The standard InChI is InChI=1S/C12H17N3O/c1-15(12(16)14-10-5-6-10)11-4-2-3-9(7-11)8-13/h2-4,7,10H,5-6,8,13H2,1H3,(H,14,16). The highest BCUT2D eigenvalue weighted by Gasteiger charge is 2.25. The van der Waals surface area contributed by atoms with Crippen molar-refractivity contribution in [1.82, 2.24) is 5.32 Å². The van der Waals surface area contributed by atoms with E-state index in [1.807, 2.05) is 24.3 Å². The van der Waals surface area contributed by atoms with Crippen LogP contribution in [0.1, 0.15) is 18.4 Å². The fourth-order valence-electron chi connectivity index (χ4n) is 1.51. The van der Waals surface area contributed by atoms with Crippen molar-refractivity contribution in [2.75, 3.05) is 11.9 Å². The first-order valence-corrected chi connectivity index (χ1v) is 5.54. The molecule has 0 spiro atoms. The van der Waals surface area contributed by atoms with Gasteiger partial charge in [-0.1, -0.05) is 12.1 Å². The van der Waals surface area contributed by atoms with Gasteiger partial charge in [0.25, 0.3) is 0 Å². The molecule has 4 nitrogen and oxygen atoms in total. The van der Waals surface area contributed by atoms with Crippen LogP contribution in [-0.2, 0) is 6.54 Å². The molecular weight excluding hydrogens is 202 g/mol. The maximum absolute atomic E-state index is 11.8. The molecule has 0 saturated heterocycles. The molecule has 3 N–H and O–H groups in total. The van der Waals surface area contributed by atoms with Crippen LogP contribution in [0.2, 0.25) is 0 Å². The number of carbonyl (C=O) groups is 1. The summed E-state index contributed by atoms with van der Waals surface area (Å²) in [6, 6.07) is 8.05. The average Bonchev–Trinajstić information content (AvgIpc) is 3.12. The first-order valence-electron chi connectivity index (χ1n) is 5.54. The van der Waals surface area contributed by atoms with Crippen LogP contribution in [0.25, 0.3) is 0 Å². The minimum absolute atomic E-state index is 0.0447. The highest BCUT2D eigenvalue weighted by atomic mass is 16.2. The summed E-state index contributed by atoms with van der Waals surface area (Å²) in [7, 11) is 1.77. The van der Waals surface area contributed by atoms with Crippen LogP contribution in [0.4, 0.5) is 10.5 Å². The largest absolute Gasteiger partial charge is 0.335 e. The van der Waals surface area contributed by atoms with Crippen molar-refractivity contribution in [2.45, 2.75) is 25.4 Å². The highest BCUT2D eigenvalue weighted by Crippen LogP contribution is 2.20. The van der Waals surface area contributed by atoms with E-state index >= 15 is 0 Å². The fraction of sp³-hybridized carbons (Fsp3) is 0.417. The molecule has 0 unspecified atom stereocenters. The second-order valence-corrected chi connectivity index (χ2v) is 4.16. The topological polar surface area (TPSA) is 58.4 Å². The number of hydrogen-bond acceptors (Lipinski definition) is 2. The number of nitrogens with two attached hydrogens (primary N) is 1. The van der Waals surface area contributed by atoms with E-state index in [4.69, 9.17) is 5.73 Å². The third kappa shape index (κ3) is 2.52. The SMILES string of the molecule is CN(C(=O)NC1CC1)c1cccc(CN)c1. The van der Waals surface area contributed by atoms with Gasteiger partial charge >= 0.3 is 6.03 Å². The molecule has 1 aromatic carbocycles. The summed E-state index contributed by atoms with van der Waals surface area (Å²) < 4.78 is 0. The molecule has 0 radical (unpaired) electrons. The number of rotatable bonds is 3. The monoisotopic (exact) mass is 219 g/mol. The minimum atomic E-state index is -0.0447. The number of benzene rings is 1. The van der Waals surface area contributed by atoms with Crippen LogP contribution in [0.5, 0.6) is 0 Å². The van der Waals surface area contributed by atoms with Crippen LogP contribution < -0.4 is 16.0 Å². The lowest BCUT2D eigenvalue weighted by Gasteiger charge is -2.18. The lowest BCUT2D eigenvalue weighted by atomic mass is 10.2. The zero-order valence-corrected chi connectivity index (χ0v) is 9.44. The molecule has 1 aliphatic rings. The summed E-state index contributed by atoms with van der Waals surface area (Å²) in [4.78, 5) is 13.4. The third-order valence-corrected chi connectivity index (χ3v) is 2.74. The molecule has 16 heavy (non-hydrogen) atoms.